The number of allylic oxidation sites excluding steroid dienone is 2. The molecule has 0 radical (unpaired) electrons. The molecule has 4 amide bonds. The fourth-order valence-corrected chi connectivity index (χ4v) is 8.92. The second-order valence-electron chi connectivity index (χ2n) is 14.5. The predicted molar refractivity (Wildman–Crippen MR) is 225 cm³/mol. The van der Waals surface area contributed by atoms with E-state index in [0.717, 1.165) is 91.7 Å². The molecule has 3 aromatic rings. The fraction of sp³-hybridized carbons (Fsp3) is 0.535. The van der Waals surface area contributed by atoms with Crippen LogP contribution in [0.15, 0.2) is 71.0 Å². The van der Waals surface area contributed by atoms with Gasteiger partial charge in [-0.25, -0.2) is 4.79 Å². The Balaban J connectivity index is 0.734. The lowest BCUT2D eigenvalue weighted by Crippen LogP contribution is -2.36. The minimum absolute atomic E-state index is 0.0272. The van der Waals surface area contributed by atoms with Crippen LogP contribution in [-0.4, -0.2) is 100 Å². The van der Waals surface area contributed by atoms with E-state index in [9.17, 15) is 14.4 Å². The predicted octanol–water partition coefficient (Wildman–Crippen LogP) is 5.06. The van der Waals surface area contributed by atoms with Crippen molar-refractivity contribution in [3.05, 3.63) is 72.5 Å². The molecule has 2 fully saturated rings. The maximum atomic E-state index is 12.4. The Morgan fingerprint density at radius 2 is 1.57 bits per heavy atom. The van der Waals surface area contributed by atoms with Crippen molar-refractivity contribution in [3.8, 4) is 5.75 Å². The summed E-state index contributed by atoms with van der Waals surface area (Å²) in [6.07, 6.45) is 12.3. The molecule has 0 unspecified atom stereocenters. The summed E-state index contributed by atoms with van der Waals surface area (Å²) < 4.78 is 31.1. The lowest BCUT2D eigenvalue weighted by atomic mass is 10.0. The lowest BCUT2D eigenvalue weighted by Gasteiger charge is -2.16. The molecule has 0 saturated carbocycles. The monoisotopic (exact) mass is 819 g/mol. The Kier molecular flexibility index (Phi) is 17.2. The zero-order valence-corrected chi connectivity index (χ0v) is 34.4. The number of thioether (sulfide) groups is 1. The number of hydrogen-bond acceptors (Lipinski definition) is 10. The third-order valence-electron chi connectivity index (χ3n) is 10.3. The van der Waals surface area contributed by atoms with E-state index in [1.165, 1.54) is 0 Å². The second-order valence-corrected chi connectivity index (χ2v) is 15.7. The van der Waals surface area contributed by atoms with Gasteiger partial charge in [0.1, 0.15) is 0 Å². The number of amides is 4. The van der Waals surface area contributed by atoms with Crippen molar-refractivity contribution in [1.82, 2.24) is 21.3 Å². The quantitative estimate of drug-likeness (QED) is 0.0491. The Labute approximate surface area is 345 Å². The highest BCUT2D eigenvalue weighted by Crippen LogP contribution is 2.38. The number of oxazole rings is 1. The van der Waals surface area contributed by atoms with E-state index in [0.29, 0.717) is 70.8 Å². The third-order valence-corrected chi connectivity index (χ3v) is 11.8. The number of hydrogen-bond donors (Lipinski definition) is 4. The van der Waals surface area contributed by atoms with E-state index in [4.69, 9.17) is 23.4 Å². The number of anilines is 1. The van der Waals surface area contributed by atoms with Crippen LogP contribution in [0, 0.1) is 0 Å². The van der Waals surface area contributed by atoms with E-state index in [1.54, 1.807) is 0 Å². The minimum Gasteiger partial charge on any atom is -0.439 e. The van der Waals surface area contributed by atoms with Crippen molar-refractivity contribution in [2.45, 2.75) is 82.2 Å². The third kappa shape index (κ3) is 12.7. The number of rotatable bonds is 26. The summed E-state index contributed by atoms with van der Waals surface area (Å²) in [5.74, 6) is 3.43. The smallest absolute Gasteiger partial charge is 0.374 e. The average molecular weight is 820 g/mol. The van der Waals surface area contributed by atoms with Crippen LogP contribution in [-0.2, 0) is 30.3 Å². The SMILES string of the molecule is CCN1C(=CC=Cc2oc3ccccc3[n+]2CCCCCC(=O)NCCOCCOCCOCCNC(=O)CCCC[C@@H]2SC[C@@H]3NC(=O)N[C@@H]32)Oc2ccccc21. The number of urea groups is 1. The molecule has 2 aromatic carbocycles. The molecule has 58 heavy (non-hydrogen) atoms. The van der Waals surface area contributed by atoms with Gasteiger partial charge in [-0.05, 0) is 63.0 Å². The Morgan fingerprint density at radius 1 is 0.879 bits per heavy atom. The van der Waals surface area contributed by atoms with Gasteiger partial charge in [0, 0.05) is 56.0 Å². The molecule has 15 heteroatoms. The minimum atomic E-state index is -0.0633. The van der Waals surface area contributed by atoms with E-state index in [2.05, 4.69) is 49.8 Å². The molecular formula is C43H59N6O8S+. The van der Waals surface area contributed by atoms with Gasteiger partial charge in [-0.15, -0.1) is 0 Å². The number of aryl methyl sites for hydroxylation is 1. The van der Waals surface area contributed by atoms with E-state index < -0.39 is 0 Å². The van der Waals surface area contributed by atoms with Crippen molar-refractivity contribution < 1.29 is 42.3 Å². The molecule has 14 nitrogen and oxygen atoms in total. The maximum Gasteiger partial charge on any atom is 0.374 e. The molecule has 3 aliphatic heterocycles. The molecule has 4 N–H and O–H groups in total. The highest BCUT2D eigenvalue weighted by Gasteiger charge is 2.42. The number of para-hydroxylation sites is 4. The van der Waals surface area contributed by atoms with Gasteiger partial charge < -0.3 is 49.5 Å². The summed E-state index contributed by atoms with van der Waals surface area (Å²) in [7, 11) is 0. The van der Waals surface area contributed by atoms with E-state index in [-0.39, 0.29) is 29.9 Å². The molecular weight excluding hydrogens is 761 g/mol. The van der Waals surface area contributed by atoms with Gasteiger partial charge in [-0.2, -0.15) is 16.3 Å². The number of benzene rings is 2. The van der Waals surface area contributed by atoms with Gasteiger partial charge in [0.25, 0.3) is 5.52 Å². The fourth-order valence-electron chi connectivity index (χ4n) is 7.37. The average Bonchev–Trinajstić information content (AvgIpc) is 3.99. The summed E-state index contributed by atoms with van der Waals surface area (Å²) >= 11 is 1.90. The summed E-state index contributed by atoms with van der Waals surface area (Å²) in [5, 5.41) is 12.2. The van der Waals surface area contributed by atoms with Crippen LogP contribution in [0.4, 0.5) is 10.5 Å². The van der Waals surface area contributed by atoms with Crippen molar-refractivity contribution in [1.29, 1.82) is 0 Å². The van der Waals surface area contributed by atoms with Crippen LogP contribution in [0.1, 0.15) is 64.2 Å². The highest BCUT2D eigenvalue weighted by molar-refractivity contribution is 8.00. The highest BCUT2D eigenvalue weighted by atomic mass is 32.2. The van der Waals surface area contributed by atoms with Gasteiger partial charge >= 0.3 is 11.9 Å². The van der Waals surface area contributed by atoms with Crippen LogP contribution in [0.25, 0.3) is 17.2 Å². The normalized spacial score (nSPS) is 19.1. The van der Waals surface area contributed by atoms with Crippen molar-refractivity contribution >= 4 is 52.5 Å². The molecule has 0 bridgehead atoms. The summed E-state index contributed by atoms with van der Waals surface area (Å²) in [5.41, 5.74) is 2.95. The molecule has 3 atom stereocenters. The molecule has 314 valence electrons. The standard InChI is InChI=1S/C43H58N6O8S/c1-2-48-33-13-5-7-15-35(33)56-40(48)20-12-21-41-49(34-14-6-8-16-36(34)57-41)24-11-3-4-18-38(50)44-22-25-53-27-29-55-30-28-54-26-23-45-39(51)19-10-9-17-37-42-32(31-58-37)46-43(52)47-42/h5-8,12-16,20-21,32,37,42H,2-4,9-11,17-19,22-31H2,1H3,(H3-,44,45,46,47,50,51,52)/p+1/t32-,37-,42-/m0/s1. The zero-order chi connectivity index (χ0) is 40.4. The lowest BCUT2D eigenvalue weighted by molar-refractivity contribution is -0.678. The topological polar surface area (TPSA) is 157 Å². The van der Waals surface area contributed by atoms with Crippen LogP contribution in [0.5, 0.6) is 5.75 Å². The first-order valence-electron chi connectivity index (χ1n) is 20.8. The molecule has 1 aromatic heterocycles. The van der Waals surface area contributed by atoms with Crippen LogP contribution < -0.4 is 35.5 Å². The number of fused-ring (bicyclic) bond motifs is 3. The van der Waals surface area contributed by atoms with Gasteiger partial charge in [-0.1, -0.05) is 30.7 Å². The van der Waals surface area contributed by atoms with Gasteiger partial charge in [-0.3, -0.25) is 9.59 Å². The second kappa shape index (κ2) is 23.1. The first-order valence-corrected chi connectivity index (χ1v) is 21.8. The van der Waals surface area contributed by atoms with Crippen molar-refractivity contribution in [2.24, 2.45) is 0 Å². The Bertz CT molecular complexity index is 1850. The van der Waals surface area contributed by atoms with Crippen molar-refractivity contribution in [2.75, 3.05) is 69.9 Å². The molecule has 6 rings (SSSR count). The summed E-state index contributed by atoms with van der Waals surface area (Å²) in [6, 6.07) is 16.5. The van der Waals surface area contributed by atoms with Crippen molar-refractivity contribution in [3.63, 3.8) is 0 Å². The number of aromatic nitrogens is 1. The van der Waals surface area contributed by atoms with E-state index in [1.807, 2.05) is 66.4 Å². The Hall–Kier alpha value is -4.57. The summed E-state index contributed by atoms with van der Waals surface area (Å²) in [6.45, 7) is 7.24. The Morgan fingerprint density at radius 3 is 2.33 bits per heavy atom. The van der Waals surface area contributed by atoms with E-state index >= 15 is 0 Å². The molecule has 2 saturated heterocycles. The van der Waals surface area contributed by atoms with Crippen LogP contribution in [0.2, 0.25) is 0 Å². The number of carbonyl (C=O) groups is 3. The van der Waals surface area contributed by atoms with Crippen LogP contribution >= 0.6 is 11.8 Å². The van der Waals surface area contributed by atoms with Gasteiger partial charge in [0.15, 0.2) is 12.3 Å². The number of carbonyl (C=O) groups excluding carboxylic acids is 3. The maximum absolute atomic E-state index is 12.4. The summed E-state index contributed by atoms with van der Waals surface area (Å²) in [4.78, 5) is 38.1. The number of nitrogens with zero attached hydrogens (tertiary/aromatic N) is 2. The largest absolute Gasteiger partial charge is 0.439 e. The number of nitrogens with one attached hydrogen (secondary N) is 4. The van der Waals surface area contributed by atoms with Crippen LogP contribution in [0.3, 0.4) is 0 Å². The molecule has 0 spiro atoms. The first-order chi connectivity index (χ1) is 28.5. The molecule has 4 heterocycles. The first kappa shape index (κ1) is 43.0. The van der Waals surface area contributed by atoms with Gasteiger partial charge in [0.2, 0.25) is 23.3 Å². The zero-order valence-electron chi connectivity index (χ0n) is 33.6. The molecule has 3 aliphatic rings. The van der Waals surface area contributed by atoms with Gasteiger partial charge in [0.05, 0.1) is 63.5 Å². The molecule has 0 aliphatic carbocycles. The number of ether oxygens (including phenoxy) is 4. The number of unbranched alkanes of at least 4 members (excludes halogenated alkanes) is 3.